The van der Waals surface area contributed by atoms with Gasteiger partial charge in [-0.1, -0.05) is 36.4 Å². The first-order valence-corrected chi connectivity index (χ1v) is 6.52. The fourth-order valence-electron chi connectivity index (χ4n) is 1.90. The molecule has 4 heteroatoms. The van der Waals surface area contributed by atoms with Gasteiger partial charge in [0.1, 0.15) is 0 Å². The van der Waals surface area contributed by atoms with Crippen LogP contribution in [0.25, 0.3) is 0 Å². The standard InChI is InChI=1S/C13H15N2OP/c14-11-7-3-1-5-9(11)13(17-16)10-6-2-4-8-12(10)15/h1-8,13H,14-15,17H2. The smallest absolute Gasteiger partial charge is 0.0760 e. The normalized spacial score (nSPS) is 11.4. The van der Waals surface area contributed by atoms with Gasteiger partial charge in [0.2, 0.25) is 0 Å². The Labute approximate surface area is 102 Å². The Morgan fingerprint density at radius 2 is 1.24 bits per heavy atom. The average molecular weight is 246 g/mol. The van der Waals surface area contributed by atoms with Crippen LogP contribution in [-0.2, 0) is 4.57 Å². The highest BCUT2D eigenvalue weighted by atomic mass is 31.1. The van der Waals surface area contributed by atoms with Gasteiger partial charge in [-0.15, -0.1) is 0 Å². The summed E-state index contributed by atoms with van der Waals surface area (Å²) in [5, 5.41) is 0. The van der Waals surface area contributed by atoms with Gasteiger partial charge in [-0.05, 0) is 23.3 Å². The van der Waals surface area contributed by atoms with E-state index < -0.39 is 8.46 Å². The quantitative estimate of drug-likeness (QED) is 0.646. The molecule has 0 radical (unpaired) electrons. The number of rotatable bonds is 3. The van der Waals surface area contributed by atoms with Crippen LogP contribution in [0, 0.1) is 0 Å². The molecule has 0 aromatic heterocycles. The van der Waals surface area contributed by atoms with E-state index in [4.69, 9.17) is 11.5 Å². The maximum atomic E-state index is 11.5. The van der Waals surface area contributed by atoms with Crippen molar-refractivity contribution in [2.45, 2.75) is 5.66 Å². The van der Waals surface area contributed by atoms with Crippen LogP contribution in [-0.4, -0.2) is 0 Å². The molecule has 2 aromatic carbocycles. The van der Waals surface area contributed by atoms with Gasteiger partial charge >= 0.3 is 0 Å². The van der Waals surface area contributed by atoms with E-state index >= 15 is 0 Å². The van der Waals surface area contributed by atoms with Crippen LogP contribution in [0.4, 0.5) is 11.4 Å². The molecule has 0 fully saturated rings. The summed E-state index contributed by atoms with van der Waals surface area (Å²) in [6.45, 7) is 0. The Morgan fingerprint density at radius 3 is 1.59 bits per heavy atom. The predicted octanol–water partition coefficient (Wildman–Crippen LogP) is 2.70. The van der Waals surface area contributed by atoms with Crippen LogP contribution in [0.1, 0.15) is 16.8 Å². The molecular formula is C13H15N2OP. The molecular weight excluding hydrogens is 231 g/mol. The molecule has 1 atom stereocenters. The number of hydrogen-bond donors (Lipinski definition) is 2. The second-order valence-corrected chi connectivity index (χ2v) is 4.81. The zero-order valence-electron chi connectivity index (χ0n) is 9.34. The topological polar surface area (TPSA) is 69.1 Å². The summed E-state index contributed by atoms with van der Waals surface area (Å²) >= 11 is 0. The van der Waals surface area contributed by atoms with Crippen molar-refractivity contribution in [3.63, 3.8) is 0 Å². The zero-order valence-corrected chi connectivity index (χ0v) is 10.5. The van der Waals surface area contributed by atoms with Gasteiger partial charge in [0.15, 0.2) is 0 Å². The van der Waals surface area contributed by atoms with E-state index in [1.54, 1.807) is 0 Å². The molecule has 0 spiro atoms. The highest BCUT2D eigenvalue weighted by Gasteiger charge is 2.16. The van der Waals surface area contributed by atoms with Gasteiger partial charge in [0.05, 0.1) is 14.1 Å². The third kappa shape index (κ3) is 2.34. The molecule has 0 saturated heterocycles. The first kappa shape index (κ1) is 11.7. The molecule has 3 nitrogen and oxygen atoms in total. The second kappa shape index (κ2) is 5.07. The Morgan fingerprint density at radius 1 is 0.824 bits per heavy atom. The number of anilines is 2. The number of nitrogens with two attached hydrogens (primary N) is 2. The number of nitrogen functional groups attached to an aromatic ring is 2. The van der Waals surface area contributed by atoms with Crippen LogP contribution >= 0.6 is 8.46 Å². The fourth-order valence-corrected chi connectivity index (χ4v) is 2.80. The molecule has 4 N–H and O–H groups in total. The number of para-hydroxylation sites is 2. The fraction of sp³-hybridized carbons (Fsp3) is 0.0769. The summed E-state index contributed by atoms with van der Waals surface area (Å²) in [7, 11) is -1.02. The van der Waals surface area contributed by atoms with E-state index in [-0.39, 0.29) is 5.66 Å². The largest absolute Gasteiger partial charge is 0.398 e. The van der Waals surface area contributed by atoms with Crippen LogP contribution in [0.3, 0.4) is 0 Å². The molecule has 0 saturated carbocycles. The van der Waals surface area contributed by atoms with Crippen LogP contribution < -0.4 is 11.5 Å². The third-order valence-electron chi connectivity index (χ3n) is 2.80. The minimum Gasteiger partial charge on any atom is -0.398 e. The lowest BCUT2D eigenvalue weighted by Crippen LogP contribution is -2.02. The molecule has 88 valence electrons. The van der Waals surface area contributed by atoms with Crippen molar-refractivity contribution >= 4 is 19.8 Å². The van der Waals surface area contributed by atoms with Gasteiger partial charge in [-0.3, -0.25) is 0 Å². The van der Waals surface area contributed by atoms with Crippen molar-refractivity contribution in [3.05, 3.63) is 59.7 Å². The molecule has 0 aliphatic rings. The van der Waals surface area contributed by atoms with Crippen molar-refractivity contribution in [2.24, 2.45) is 0 Å². The Kier molecular flexibility index (Phi) is 3.50. The molecule has 2 rings (SSSR count). The van der Waals surface area contributed by atoms with Crippen molar-refractivity contribution in [2.75, 3.05) is 11.5 Å². The van der Waals surface area contributed by atoms with Crippen molar-refractivity contribution in [1.82, 2.24) is 0 Å². The maximum absolute atomic E-state index is 11.5. The summed E-state index contributed by atoms with van der Waals surface area (Å²) in [5.41, 5.74) is 14.7. The van der Waals surface area contributed by atoms with Gasteiger partial charge in [-0.25, -0.2) is 0 Å². The van der Waals surface area contributed by atoms with Crippen LogP contribution in [0.2, 0.25) is 0 Å². The maximum Gasteiger partial charge on any atom is 0.0760 e. The van der Waals surface area contributed by atoms with E-state index in [0.717, 1.165) is 11.1 Å². The summed E-state index contributed by atoms with van der Waals surface area (Å²) in [6, 6.07) is 15.0. The first-order chi connectivity index (χ1) is 8.24. The summed E-state index contributed by atoms with van der Waals surface area (Å²) in [4.78, 5) is 0. The van der Waals surface area contributed by atoms with Gasteiger partial charge in [0.25, 0.3) is 0 Å². The summed E-state index contributed by atoms with van der Waals surface area (Å²) in [5.74, 6) is 0. The highest BCUT2D eigenvalue weighted by Crippen LogP contribution is 2.39. The molecule has 0 amide bonds. The molecule has 0 aliphatic heterocycles. The number of hydrogen-bond acceptors (Lipinski definition) is 3. The molecule has 1 unspecified atom stereocenters. The minimum absolute atomic E-state index is 0.197. The summed E-state index contributed by atoms with van der Waals surface area (Å²) in [6.07, 6.45) is 0. The third-order valence-corrected chi connectivity index (χ3v) is 3.79. The molecule has 0 bridgehead atoms. The first-order valence-electron chi connectivity index (χ1n) is 5.38. The van der Waals surface area contributed by atoms with Gasteiger partial charge in [-0.2, -0.15) is 0 Å². The molecule has 17 heavy (non-hydrogen) atoms. The lowest BCUT2D eigenvalue weighted by atomic mass is 10.0. The van der Waals surface area contributed by atoms with E-state index in [2.05, 4.69) is 0 Å². The molecule has 0 heterocycles. The molecule has 0 aliphatic carbocycles. The molecule has 2 aromatic rings. The van der Waals surface area contributed by atoms with Crippen LogP contribution in [0.15, 0.2) is 48.5 Å². The van der Waals surface area contributed by atoms with E-state index in [9.17, 15) is 4.57 Å². The highest BCUT2D eigenvalue weighted by molar-refractivity contribution is 7.24. The number of benzene rings is 2. The average Bonchev–Trinajstić information content (AvgIpc) is 2.34. The lowest BCUT2D eigenvalue weighted by Gasteiger charge is -2.15. The van der Waals surface area contributed by atoms with E-state index in [1.165, 1.54) is 0 Å². The van der Waals surface area contributed by atoms with Gasteiger partial charge < -0.3 is 16.0 Å². The van der Waals surface area contributed by atoms with Crippen molar-refractivity contribution in [1.29, 1.82) is 0 Å². The van der Waals surface area contributed by atoms with E-state index in [1.807, 2.05) is 48.5 Å². The Balaban J connectivity index is 2.52. The lowest BCUT2D eigenvalue weighted by molar-refractivity contribution is 0.595. The SMILES string of the molecule is Nc1ccccc1C([PH2]=O)c1ccccc1N. The Hall–Kier alpha value is -1.73. The van der Waals surface area contributed by atoms with Crippen molar-refractivity contribution < 1.29 is 4.57 Å². The van der Waals surface area contributed by atoms with Crippen molar-refractivity contribution in [3.8, 4) is 0 Å². The monoisotopic (exact) mass is 246 g/mol. The summed E-state index contributed by atoms with van der Waals surface area (Å²) < 4.78 is 11.5. The predicted molar refractivity (Wildman–Crippen MR) is 73.9 cm³/mol. The minimum atomic E-state index is -1.02. The zero-order chi connectivity index (χ0) is 12.3. The second-order valence-electron chi connectivity index (χ2n) is 3.87. The van der Waals surface area contributed by atoms with Gasteiger partial charge in [0, 0.05) is 11.4 Å². The Bertz CT molecular complexity index is 497. The van der Waals surface area contributed by atoms with Crippen LogP contribution in [0.5, 0.6) is 0 Å². The van der Waals surface area contributed by atoms with E-state index in [0.29, 0.717) is 11.4 Å².